The second-order valence-corrected chi connectivity index (χ2v) is 7.37. The number of hydrogen-bond acceptors (Lipinski definition) is 2. The second kappa shape index (κ2) is 7.79. The van der Waals surface area contributed by atoms with Crippen molar-refractivity contribution in [2.45, 2.75) is 90.1 Å². The highest BCUT2D eigenvalue weighted by atomic mass is 15.3. The largest absolute Gasteiger partial charge is 0.308 e. The van der Waals surface area contributed by atoms with Crippen molar-refractivity contribution in [3.63, 3.8) is 0 Å². The first kappa shape index (κ1) is 16.3. The highest BCUT2D eigenvalue weighted by Gasteiger charge is 2.45. The Labute approximate surface area is 126 Å². The molecule has 2 aliphatic rings. The van der Waals surface area contributed by atoms with Gasteiger partial charge in [0.25, 0.3) is 0 Å². The number of nitrogens with one attached hydrogen (secondary N) is 1. The topological polar surface area (TPSA) is 15.3 Å². The van der Waals surface area contributed by atoms with Crippen LogP contribution >= 0.6 is 0 Å². The van der Waals surface area contributed by atoms with E-state index in [0.29, 0.717) is 5.54 Å². The van der Waals surface area contributed by atoms with Crippen LogP contribution in [0.1, 0.15) is 78.6 Å². The van der Waals surface area contributed by atoms with Gasteiger partial charge in [-0.3, -0.25) is 4.90 Å². The van der Waals surface area contributed by atoms with Crippen LogP contribution in [0.4, 0.5) is 0 Å². The average molecular weight is 281 g/mol. The lowest BCUT2D eigenvalue weighted by Gasteiger charge is -2.46. The van der Waals surface area contributed by atoms with E-state index in [1.807, 2.05) is 0 Å². The van der Waals surface area contributed by atoms with E-state index in [9.17, 15) is 0 Å². The summed E-state index contributed by atoms with van der Waals surface area (Å²) >= 11 is 0. The van der Waals surface area contributed by atoms with Gasteiger partial charge in [-0.1, -0.05) is 46.0 Å². The Morgan fingerprint density at radius 2 is 1.75 bits per heavy atom. The molecule has 2 nitrogen and oxygen atoms in total. The molecule has 2 rings (SSSR count). The molecule has 0 spiro atoms. The van der Waals surface area contributed by atoms with E-state index in [2.05, 4.69) is 31.0 Å². The SMILES string of the molecule is CCCCCCCCN1CC(C)(C2CC2)NCC1CC. The smallest absolute Gasteiger partial charge is 0.0309 e. The zero-order valence-corrected chi connectivity index (χ0v) is 14.1. The van der Waals surface area contributed by atoms with Crippen molar-refractivity contribution in [1.29, 1.82) is 0 Å². The molecule has 20 heavy (non-hydrogen) atoms. The first-order chi connectivity index (χ1) is 9.69. The minimum atomic E-state index is 0.411. The van der Waals surface area contributed by atoms with Crippen molar-refractivity contribution < 1.29 is 0 Å². The summed E-state index contributed by atoms with van der Waals surface area (Å²) in [6.07, 6.45) is 12.7. The molecule has 0 amide bonds. The molecule has 1 aliphatic carbocycles. The lowest BCUT2D eigenvalue weighted by atomic mass is 9.90. The molecule has 1 saturated heterocycles. The first-order valence-electron chi connectivity index (χ1n) is 9.18. The fourth-order valence-electron chi connectivity index (χ4n) is 3.84. The molecule has 2 atom stereocenters. The van der Waals surface area contributed by atoms with Crippen LogP contribution < -0.4 is 5.32 Å². The van der Waals surface area contributed by atoms with E-state index >= 15 is 0 Å². The van der Waals surface area contributed by atoms with Crippen LogP contribution in [0.2, 0.25) is 0 Å². The van der Waals surface area contributed by atoms with Gasteiger partial charge in [0.1, 0.15) is 0 Å². The maximum absolute atomic E-state index is 3.87. The van der Waals surface area contributed by atoms with Crippen molar-refractivity contribution in [2.75, 3.05) is 19.6 Å². The fourth-order valence-corrected chi connectivity index (χ4v) is 3.84. The molecule has 0 aromatic rings. The van der Waals surface area contributed by atoms with E-state index in [1.165, 1.54) is 77.4 Å². The molecule has 1 heterocycles. The summed E-state index contributed by atoms with van der Waals surface area (Å²) in [4.78, 5) is 2.80. The second-order valence-electron chi connectivity index (χ2n) is 7.37. The summed E-state index contributed by atoms with van der Waals surface area (Å²) in [7, 11) is 0. The molecule has 1 aliphatic heterocycles. The molecule has 2 heteroatoms. The third kappa shape index (κ3) is 4.46. The van der Waals surface area contributed by atoms with Crippen LogP contribution in [0.5, 0.6) is 0 Å². The lowest BCUT2D eigenvalue weighted by Crippen LogP contribution is -2.63. The molecule has 2 fully saturated rings. The van der Waals surface area contributed by atoms with Crippen LogP contribution in [-0.2, 0) is 0 Å². The monoisotopic (exact) mass is 280 g/mol. The van der Waals surface area contributed by atoms with Gasteiger partial charge in [-0.15, -0.1) is 0 Å². The maximum Gasteiger partial charge on any atom is 0.0309 e. The van der Waals surface area contributed by atoms with Crippen molar-refractivity contribution in [3.05, 3.63) is 0 Å². The van der Waals surface area contributed by atoms with Gasteiger partial charge in [0, 0.05) is 24.7 Å². The van der Waals surface area contributed by atoms with Crippen LogP contribution in [0.3, 0.4) is 0 Å². The normalized spacial score (nSPS) is 31.6. The molecule has 0 aromatic carbocycles. The molecule has 1 saturated carbocycles. The van der Waals surface area contributed by atoms with E-state index in [1.54, 1.807) is 0 Å². The third-order valence-electron chi connectivity index (χ3n) is 5.54. The molecule has 1 N–H and O–H groups in total. The standard InChI is InChI=1S/C18H36N2/c1-4-6-7-8-9-10-13-20-15-18(3,16-11-12-16)19-14-17(20)5-2/h16-17,19H,4-15H2,1-3H3. The maximum atomic E-state index is 3.87. The van der Waals surface area contributed by atoms with Crippen LogP contribution in [0.15, 0.2) is 0 Å². The third-order valence-corrected chi connectivity index (χ3v) is 5.54. The van der Waals surface area contributed by atoms with Crippen LogP contribution in [-0.4, -0.2) is 36.1 Å². The minimum Gasteiger partial charge on any atom is -0.308 e. The van der Waals surface area contributed by atoms with E-state index in [4.69, 9.17) is 0 Å². The number of unbranched alkanes of at least 4 members (excludes halogenated alkanes) is 5. The van der Waals surface area contributed by atoms with E-state index in [-0.39, 0.29) is 0 Å². The summed E-state index contributed by atoms with van der Waals surface area (Å²) in [6.45, 7) is 10.9. The van der Waals surface area contributed by atoms with Gasteiger partial charge >= 0.3 is 0 Å². The number of hydrogen-bond donors (Lipinski definition) is 1. The zero-order chi connectivity index (χ0) is 14.4. The Hall–Kier alpha value is -0.0800. The molecule has 0 radical (unpaired) electrons. The Bertz CT molecular complexity index is 275. The van der Waals surface area contributed by atoms with Crippen molar-refractivity contribution in [3.8, 4) is 0 Å². The lowest BCUT2D eigenvalue weighted by molar-refractivity contribution is 0.0713. The Balaban J connectivity index is 1.71. The predicted octanol–water partition coefficient (Wildman–Crippen LogP) is 4.20. The number of piperazine rings is 1. The summed E-state index contributed by atoms with van der Waals surface area (Å²) < 4.78 is 0. The van der Waals surface area contributed by atoms with E-state index in [0.717, 1.165) is 12.0 Å². The predicted molar refractivity (Wildman–Crippen MR) is 88.2 cm³/mol. The highest BCUT2D eigenvalue weighted by molar-refractivity contribution is 5.03. The fraction of sp³-hybridized carbons (Fsp3) is 1.00. The number of nitrogens with zero attached hydrogens (tertiary/aromatic N) is 1. The zero-order valence-electron chi connectivity index (χ0n) is 14.1. The Morgan fingerprint density at radius 3 is 2.40 bits per heavy atom. The molecular weight excluding hydrogens is 244 g/mol. The summed E-state index contributed by atoms with van der Waals surface area (Å²) in [6, 6.07) is 0.775. The van der Waals surface area contributed by atoms with Gasteiger partial charge in [-0.2, -0.15) is 0 Å². The Morgan fingerprint density at radius 1 is 1.05 bits per heavy atom. The highest BCUT2D eigenvalue weighted by Crippen LogP contribution is 2.41. The molecule has 0 bridgehead atoms. The van der Waals surface area contributed by atoms with Gasteiger partial charge in [-0.05, 0) is 45.1 Å². The molecule has 118 valence electrons. The van der Waals surface area contributed by atoms with Crippen molar-refractivity contribution in [2.24, 2.45) is 5.92 Å². The van der Waals surface area contributed by atoms with E-state index < -0.39 is 0 Å². The van der Waals surface area contributed by atoms with Crippen LogP contribution in [0.25, 0.3) is 0 Å². The quantitative estimate of drug-likeness (QED) is 0.637. The van der Waals surface area contributed by atoms with Crippen molar-refractivity contribution in [1.82, 2.24) is 10.2 Å². The van der Waals surface area contributed by atoms with Gasteiger partial charge < -0.3 is 5.32 Å². The first-order valence-corrected chi connectivity index (χ1v) is 9.18. The Kier molecular flexibility index (Phi) is 6.35. The number of rotatable bonds is 9. The van der Waals surface area contributed by atoms with Crippen molar-refractivity contribution >= 4 is 0 Å². The average Bonchev–Trinajstić information content (AvgIpc) is 3.28. The summed E-state index contributed by atoms with van der Waals surface area (Å²) in [5.74, 6) is 0.951. The van der Waals surface area contributed by atoms with Gasteiger partial charge in [-0.25, -0.2) is 0 Å². The summed E-state index contributed by atoms with van der Waals surface area (Å²) in [5.41, 5.74) is 0.411. The minimum absolute atomic E-state index is 0.411. The molecule has 2 unspecified atom stereocenters. The molecular formula is C18H36N2. The van der Waals surface area contributed by atoms with Crippen LogP contribution in [0, 0.1) is 5.92 Å². The summed E-state index contributed by atoms with van der Waals surface area (Å²) in [5, 5.41) is 3.87. The molecule has 0 aromatic heterocycles. The van der Waals surface area contributed by atoms with Gasteiger partial charge in [0.15, 0.2) is 0 Å². The van der Waals surface area contributed by atoms with Gasteiger partial charge in [0.2, 0.25) is 0 Å². The van der Waals surface area contributed by atoms with Gasteiger partial charge in [0.05, 0.1) is 0 Å².